The van der Waals surface area contributed by atoms with E-state index in [9.17, 15) is 4.79 Å². The molecule has 0 saturated heterocycles. The molecule has 5 heteroatoms. The van der Waals surface area contributed by atoms with Crippen molar-refractivity contribution in [2.45, 2.75) is 13.3 Å². The predicted molar refractivity (Wildman–Crippen MR) is 111 cm³/mol. The summed E-state index contributed by atoms with van der Waals surface area (Å²) in [6, 6.07) is 21.3. The SMILES string of the molecule is CCc1cccc(NC(=O)c2cn(-c3ccccc3)nc2-c2cccnc2)c1. The number of carbonyl (C=O) groups excluding carboxylic acids is 1. The first kappa shape index (κ1) is 17.7. The van der Waals surface area contributed by atoms with Crippen molar-refractivity contribution in [3.05, 3.63) is 96.4 Å². The third-order valence-corrected chi connectivity index (χ3v) is 4.51. The lowest BCUT2D eigenvalue weighted by molar-refractivity contribution is 0.102. The lowest BCUT2D eigenvalue weighted by Crippen LogP contribution is -2.12. The van der Waals surface area contributed by atoms with Gasteiger partial charge in [0.2, 0.25) is 0 Å². The van der Waals surface area contributed by atoms with Crippen LogP contribution in [0, 0.1) is 0 Å². The van der Waals surface area contributed by atoms with Crippen molar-refractivity contribution in [3.63, 3.8) is 0 Å². The van der Waals surface area contributed by atoms with Gasteiger partial charge in [0.25, 0.3) is 5.91 Å². The summed E-state index contributed by atoms with van der Waals surface area (Å²) < 4.78 is 1.72. The zero-order chi connectivity index (χ0) is 19.3. The largest absolute Gasteiger partial charge is 0.322 e. The summed E-state index contributed by atoms with van der Waals surface area (Å²) in [4.78, 5) is 17.2. The fourth-order valence-corrected chi connectivity index (χ4v) is 3.04. The van der Waals surface area contributed by atoms with Gasteiger partial charge in [0.05, 0.1) is 11.3 Å². The number of carbonyl (C=O) groups is 1. The van der Waals surface area contributed by atoms with Crippen molar-refractivity contribution >= 4 is 11.6 Å². The number of rotatable bonds is 5. The van der Waals surface area contributed by atoms with Gasteiger partial charge in [0.15, 0.2) is 0 Å². The van der Waals surface area contributed by atoms with Gasteiger partial charge in [-0.15, -0.1) is 0 Å². The molecule has 138 valence electrons. The number of para-hydroxylation sites is 1. The minimum atomic E-state index is -0.200. The van der Waals surface area contributed by atoms with Gasteiger partial charge in [0, 0.05) is 29.8 Å². The van der Waals surface area contributed by atoms with E-state index in [2.05, 4.69) is 22.3 Å². The number of hydrogen-bond donors (Lipinski definition) is 1. The van der Waals surface area contributed by atoms with E-state index in [1.165, 1.54) is 5.56 Å². The van der Waals surface area contributed by atoms with E-state index in [1.54, 1.807) is 23.3 Å². The van der Waals surface area contributed by atoms with Crippen molar-refractivity contribution in [2.24, 2.45) is 0 Å². The summed E-state index contributed by atoms with van der Waals surface area (Å²) >= 11 is 0. The maximum absolute atomic E-state index is 13.1. The molecule has 1 amide bonds. The molecule has 0 saturated carbocycles. The van der Waals surface area contributed by atoms with E-state index in [-0.39, 0.29) is 5.91 Å². The first-order valence-corrected chi connectivity index (χ1v) is 9.20. The summed E-state index contributed by atoms with van der Waals surface area (Å²) in [6.45, 7) is 2.09. The second-order valence-electron chi connectivity index (χ2n) is 6.42. The summed E-state index contributed by atoms with van der Waals surface area (Å²) in [6.07, 6.45) is 6.09. The van der Waals surface area contributed by atoms with Gasteiger partial charge in [-0.25, -0.2) is 4.68 Å². The molecular formula is C23H20N4O. The normalized spacial score (nSPS) is 10.6. The molecule has 0 bridgehead atoms. The standard InChI is InChI=1S/C23H20N4O/c1-2-17-8-6-10-19(14-17)25-23(28)21-16-27(20-11-4-3-5-12-20)26-22(21)18-9-7-13-24-15-18/h3-16H,2H2,1H3,(H,25,28). The van der Waals surface area contributed by atoms with Gasteiger partial charge in [-0.2, -0.15) is 5.10 Å². The maximum atomic E-state index is 13.1. The average molecular weight is 368 g/mol. The van der Waals surface area contributed by atoms with Crippen molar-refractivity contribution in [2.75, 3.05) is 5.32 Å². The first-order chi connectivity index (χ1) is 13.7. The first-order valence-electron chi connectivity index (χ1n) is 9.20. The Kier molecular flexibility index (Phi) is 4.97. The van der Waals surface area contributed by atoms with E-state index in [0.717, 1.165) is 23.4 Å². The van der Waals surface area contributed by atoms with Gasteiger partial charge in [-0.05, 0) is 48.4 Å². The number of pyridine rings is 1. The van der Waals surface area contributed by atoms with Crippen LogP contribution in [0.5, 0.6) is 0 Å². The lowest BCUT2D eigenvalue weighted by atomic mass is 10.1. The molecule has 2 aromatic heterocycles. The minimum Gasteiger partial charge on any atom is -0.322 e. The zero-order valence-electron chi connectivity index (χ0n) is 15.5. The Labute approximate surface area is 163 Å². The quantitative estimate of drug-likeness (QED) is 0.553. The molecule has 0 spiro atoms. The fraction of sp³-hybridized carbons (Fsp3) is 0.0870. The van der Waals surface area contributed by atoms with Gasteiger partial charge in [-0.1, -0.05) is 37.3 Å². The number of hydrogen-bond acceptors (Lipinski definition) is 3. The predicted octanol–water partition coefficient (Wildman–Crippen LogP) is 4.75. The Morgan fingerprint density at radius 3 is 2.64 bits per heavy atom. The average Bonchev–Trinajstić information content (AvgIpc) is 3.21. The van der Waals surface area contributed by atoms with Crippen LogP contribution >= 0.6 is 0 Å². The van der Waals surface area contributed by atoms with Gasteiger partial charge in [-0.3, -0.25) is 9.78 Å². The number of amides is 1. The van der Waals surface area contributed by atoms with Crippen LogP contribution in [0.15, 0.2) is 85.3 Å². The Balaban J connectivity index is 1.74. The smallest absolute Gasteiger partial charge is 0.259 e. The summed E-state index contributed by atoms with van der Waals surface area (Å²) in [5.41, 5.74) is 4.73. The number of aryl methyl sites for hydroxylation is 1. The van der Waals surface area contributed by atoms with Gasteiger partial charge < -0.3 is 5.32 Å². The molecule has 0 radical (unpaired) electrons. The molecule has 0 atom stereocenters. The molecular weight excluding hydrogens is 348 g/mol. The monoisotopic (exact) mass is 368 g/mol. The van der Waals surface area contributed by atoms with Crippen LogP contribution in [-0.2, 0) is 6.42 Å². The molecule has 2 heterocycles. The van der Waals surface area contributed by atoms with E-state index in [4.69, 9.17) is 0 Å². The molecule has 0 aliphatic rings. The molecule has 0 unspecified atom stereocenters. The summed E-state index contributed by atoms with van der Waals surface area (Å²) in [5.74, 6) is -0.200. The summed E-state index contributed by atoms with van der Waals surface area (Å²) in [5, 5.41) is 7.66. The number of aromatic nitrogens is 3. The number of anilines is 1. The second-order valence-corrected chi connectivity index (χ2v) is 6.42. The van der Waals surface area contributed by atoms with Crippen LogP contribution in [0.1, 0.15) is 22.8 Å². The van der Waals surface area contributed by atoms with Crippen LogP contribution in [-0.4, -0.2) is 20.7 Å². The third-order valence-electron chi connectivity index (χ3n) is 4.51. The molecule has 28 heavy (non-hydrogen) atoms. The highest BCUT2D eigenvalue weighted by Crippen LogP contribution is 2.24. The van der Waals surface area contributed by atoms with Crippen molar-refractivity contribution in [1.82, 2.24) is 14.8 Å². The summed E-state index contributed by atoms with van der Waals surface area (Å²) in [7, 11) is 0. The molecule has 0 aliphatic heterocycles. The number of nitrogens with one attached hydrogen (secondary N) is 1. The van der Waals surface area contributed by atoms with E-state index < -0.39 is 0 Å². The van der Waals surface area contributed by atoms with Crippen molar-refractivity contribution < 1.29 is 4.79 Å². The zero-order valence-corrected chi connectivity index (χ0v) is 15.5. The highest BCUT2D eigenvalue weighted by atomic mass is 16.1. The van der Waals surface area contributed by atoms with Gasteiger partial charge in [0.1, 0.15) is 5.69 Å². The molecule has 5 nitrogen and oxygen atoms in total. The fourth-order valence-electron chi connectivity index (χ4n) is 3.04. The van der Waals surface area contributed by atoms with E-state index in [1.807, 2.05) is 66.7 Å². The van der Waals surface area contributed by atoms with Crippen LogP contribution in [0.25, 0.3) is 16.9 Å². The molecule has 2 aromatic carbocycles. The Hall–Kier alpha value is -3.73. The maximum Gasteiger partial charge on any atom is 0.259 e. The van der Waals surface area contributed by atoms with Crippen LogP contribution < -0.4 is 5.32 Å². The number of nitrogens with zero attached hydrogens (tertiary/aromatic N) is 3. The highest BCUT2D eigenvalue weighted by Gasteiger charge is 2.19. The third kappa shape index (κ3) is 3.69. The Bertz CT molecular complexity index is 1090. The number of benzene rings is 2. The van der Waals surface area contributed by atoms with Crippen LogP contribution in [0.4, 0.5) is 5.69 Å². The van der Waals surface area contributed by atoms with Crippen LogP contribution in [0.3, 0.4) is 0 Å². The van der Waals surface area contributed by atoms with E-state index in [0.29, 0.717) is 11.3 Å². The van der Waals surface area contributed by atoms with Crippen molar-refractivity contribution in [1.29, 1.82) is 0 Å². The second kappa shape index (κ2) is 7.88. The molecule has 1 N–H and O–H groups in total. The lowest BCUT2D eigenvalue weighted by Gasteiger charge is -2.07. The Morgan fingerprint density at radius 1 is 1.04 bits per heavy atom. The topological polar surface area (TPSA) is 59.8 Å². The molecule has 4 aromatic rings. The van der Waals surface area contributed by atoms with Crippen LogP contribution in [0.2, 0.25) is 0 Å². The molecule has 0 aliphatic carbocycles. The molecule has 0 fully saturated rings. The van der Waals surface area contributed by atoms with Crippen molar-refractivity contribution in [3.8, 4) is 16.9 Å². The van der Waals surface area contributed by atoms with Gasteiger partial charge >= 0.3 is 0 Å². The minimum absolute atomic E-state index is 0.200. The van der Waals surface area contributed by atoms with E-state index >= 15 is 0 Å². The molecule has 4 rings (SSSR count). The highest BCUT2D eigenvalue weighted by molar-refractivity contribution is 6.08. The Morgan fingerprint density at radius 2 is 1.89 bits per heavy atom.